The van der Waals surface area contributed by atoms with Crippen LogP contribution in [-0.2, 0) is 9.59 Å². The van der Waals surface area contributed by atoms with E-state index in [9.17, 15) is 14.4 Å². The minimum Gasteiger partial charge on any atom is -0.479 e. The second kappa shape index (κ2) is 6.74. The minimum absolute atomic E-state index is 0.0366. The summed E-state index contributed by atoms with van der Waals surface area (Å²) in [6, 6.07) is 5.17. The fourth-order valence-electron chi connectivity index (χ4n) is 3.26. The van der Waals surface area contributed by atoms with Crippen LogP contribution in [0.15, 0.2) is 18.2 Å². The van der Waals surface area contributed by atoms with E-state index < -0.39 is 6.10 Å². The lowest BCUT2D eigenvalue weighted by Crippen LogP contribution is -2.42. The maximum atomic E-state index is 12.8. The molecule has 2 aliphatic heterocycles. The fraction of sp³-hybridized carbons (Fsp3) is 0.500. The number of carbonyl (C=O) groups is 3. The van der Waals surface area contributed by atoms with Crippen LogP contribution in [0, 0.1) is 0 Å². The van der Waals surface area contributed by atoms with Gasteiger partial charge in [0.2, 0.25) is 5.91 Å². The van der Waals surface area contributed by atoms with Gasteiger partial charge in [0, 0.05) is 45.7 Å². The largest absolute Gasteiger partial charge is 0.479 e. The molecule has 25 heavy (non-hydrogen) atoms. The molecule has 134 valence electrons. The maximum absolute atomic E-state index is 12.8. The van der Waals surface area contributed by atoms with Gasteiger partial charge in [0.25, 0.3) is 11.8 Å². The topological polar surface area (TPSA) is 70.2 Å². The molecule has 0 radical (unpaired) electrons. The molecule has 1 unspecified atom stereocenters. The van der Waals surface area contributed by atoms with Crippen LogP contribution >= 0.6 is 0 Å². The highest BCUT2D eigenvalue weighted by Crippen LogP contribution is 2.34. The third-order valence-corrected chi connectivity index (χ3v) is 4.78. The van der Waals surface area contributed by atoms with E-state index in [-0.39, 0.29) is 17.7 Å². The number of hydrogen-bond acceptors (Lipinski definition) is 4. The molecule has 0 N–H and O–H groups in total. The van der Waals surface area contributed by atoms with E-state index in [1.807, 2.05) is 0 Å². The molecule has 0 aromatic heterocycles. The summed E-state index contributed by atoms with van der Waals surface area (Å²) in [5, 5.41) is 0. The Morgan fingerprint density at radius 1 is 1.12 bits per heavy atom. The van der Waals surface area contributed by atoms with Gasteiger partial charge >= 0.3 is 0 Å². The molecule has 1 saturated heterocycles. The highest BCUT2D eigenvalue weighted by atomic mass is 16.5. The van der Waals surface area contributed by atoms with E-state index in [1.165, 1.54) is 4.90 Å². The second-order valence-electron chi connectivity index (χ2n) is 6.49. The molecular formula is C18H23N3O4. The van der Waals surface area contributed by atoms with Crippen molar-refractivity contribution in [2.75, 3.05) is 38.1 Å². The van der Waals surface area contributed by atoms with Gasteiger partial charge in [-0.2, -0.15) is 0 Å². The third-order valence-electron chi connectivity index (χ3n) is 4.78. The Labute approximate surface area is 147 Å². The molecule has 0 saturated carbocycles. The lowest BCUT2D eigenvalue weighted by atomic mass is 10.1. The molecule has 1 fully saturated rings. The Balaban J connectivity index is 1.79. The van der Waals surface area contributed by atoms with E-state index in [0.717, 1.165) is 6.42 Å². The zero-order chi connectivity index (χ0) is 18.1. The standard InChI is InChI=1S/C18H23N3O4/c1-12-17(23)19(3)15-11-14(5-6-16(15)25-12)18(24)21-8-4-7-20(9-10-21)13(2)22/h5-6,11-12H,4,7-10H2,1-3H3. The van der Waals surface area contributed by atoms with Gasteiger partial charge in [0.05, 0.1) is 5.69 Å². The third kappa shape index (κ3) is 3.31. The molecule has 7 nitrogen and oxygen atoms in total. The summed E-state index contributed by atoms with van der Waals surface area (Å²) >= 11 is 0. The predicted molar refractivity (Wildman–Crippen MR) is 92.7 cm³/mol. The summed E-state index contributed by atoms with van der Waals surface area (Å²) in [6.07, 6.45) is 0.233. The van der Waals surface area contributed by atoms with Crippen molar-refractivity contribution >= 4 is 23.4 Å². The zero-order valence-electron chi connectivity index (χ0n) is 14.8. The van der Waals surface area contributed by atoms with E-state index >= 15 is 0 Å². The summed E-state index contributed by atoms with van der Waals surface area (Å²) in [4.78, 5) is 41.5. The van der Waals surface area contributed by atoms with Crippen LogP contribution in [0.2, 0.25) is 0 Å². The number of amides is 3. The molecule has 1 aromatic rings. The number of benzene rings is 1. The summed E-state index contributed by atoms with van der Waals surface area (Å²) in [6.45, 7) is 5.60. The highest BCUT2D eigenvalue weighted by Gasteiger charge is 2.30. The molecule has 2 heterocycles. The first-order valence-corrected chi connectivity index (χ1v) is 8.51. The quantitative estimate of drug-likeness (QED) is 0.765. The average molecular weight is 345 g/mol. The SMILES string of the molecule is CC(=O)N1CCCN(C(=O)c2ccc3c(c2)N(C)C(=O)C(C)O3)CC1. The van der Waals surface area contributed by atoms with Crippen LogP contribution in [0.3, 0.4) is 0 Å². The lowest BCUT2D eigenvalue weighted by molar-refractivity contribution is -0.128. The number of fused-ring (bicyclic) bond motifs is 1. The van der Waals surface area contributed by atoms with Crippen molar-refractivity contribution < 1.29 is 19.1 Å². The molecule has 2 aliphatic rings. The zero-order valence-corrected chi connectivity index (χ0v) is 14.8. The van der Waals surface area contributed by atoms with Gasteiger partial charge in [0.1, 0.15) is 5.75 Å². The van der Waals surface area contributed by atoms with Crippen LogP contribution < -0.4 is 9.64 Å². The summed E-state index contributed by atoms with van der Waals surface area (Å²) in [5.74, 6) is 0.413. The van der Waals surface area contributed by atoms with E-state index in [0.29, 0.717) is 43.2 Å². The van der Waals surface area contributed by atoms with Gasteiger partial charge in [-0.25, -0.2) is 0 Å². The van der Waals surface area contributed by atoms with Crippen molar-refractivity contribution in [1.29, 1.82) is 0 Å². The Kier molecular flexibility index (Phi) is 4.65. The van der Waals surface area contributed by atoms with Crippen molar-refractivity contribution in [3.63, 3.8) is 0 Å². The molecule has 3 rings (SSSR count). The van der Waals surface area contributed by atoms with Gasteiger partial charge in [-0.1, -0.05) is 0 Å². The Morgan fingerprint density at radius 3 is 2.52 bits per heavy atom. The van der Waals surface area contributed by atoms with Crippen molar-refractivity contribution in [2.24, 2.45) is 0 Å². The number of ether oxygens (including phenoxy) is 1. The Hall–Kier alpha value is -2.57. The lowest BCUT2D eigenvalue weighted by Gasteiger charge is -2.31. The average Bonchev–Trinajstić information content (AvgIpc) is 2.85. The van der Waals surface area contributed by atoms with E-state index in [4.69, 9.17) is 4.74 Å². The maximum Gasteiger partial charge on any atom is 0.267 e. The number of rotatable bonds is 1. The van der Waals surface area contributed by atoms with Crippen LogP contribution in [0.5, 0.6) is 5.75 Å². The van der Waals surface area contributed by atoms with Crippen molar-refractivity contribution in [3.05, 3.63) is 23.8 Å². The van der Waals surface area contributed by atoms with Gasteiger partial charge in [0.15, 0.2) is 6.10 Å². The smallest absolute Gasteiger partial charge is 0.267 e. The van der Waals surface area contributed by atoms with Gasteiger partial charge in [-0.15, -0.1) is 0 Å². The van der Waals surface area contributed by atoms with Crippen LogP contribution in [-0.4, -0.2) is 66.9 Å². The molecule has 3 amide bonds. The first-order chi connectivity index (χ1) is 11.9. The van der Waals surface area contributed by atoms with E-state index in [1.54, 1.807) is 48.9 Å². The second-order valence-corrected chi connectivity index (χ2v) is 6.49. The molecule has 0 bridgehead atoms. The summed E-state index contributed by atoms with van der Waals surface area (Å²) in [5.41, 5.74) is 1.13. The van der Waals surface area contributed by atoms with Crippen molar-refractivity contribution in [2.45, 2.75) is 26.4 Å². The molecular weight excluding hydrogens is 322 g/mol. The fourth-order valence-corrected chi connectivity index (χ4v) is 3.26. The van der Waals surface area contributed by atoms with Gasteiger partial charge in [-0.3, -0.25) is 14.4 Å². The van der Waals surface area contributed by atoms with Crippen LogP contribution in [0.4, 0.5) is 5.69 Å². The summed E-state index contributed by atoms with van der Waals surface area (Å²) in [7, 11) is 1.69. The van der Waals surface area contributed by atoms with Gasteiger partial charge in [-0.05, 0) is 31.5 Å². The Bertz CT molecular complexity index is 718. The number of carbonyl (C=O) groups excluding carboxylic acids is 3. The number of likely N-dealkylation sites (N-methyl/N-ethyl adjacent to an activating group) is 1. The predicted octanol–water partition coefficient (Wildman–Crippen LogP) is 1.12. The summed E-state index contributed by atoms with van der Waals surface area (Å²) < 4.78 is 5.59. The first kappa shape index (κ1) is 17.3. The first-order valence-electron chi connectivity index (χ1n) is 8.51. The molecule has 1 aromatic carbocycles. The highest BCUT2D eigenvalue weighted by molar-refractivity contribution is 6.02. The van der Waals surface area contributed by atoms with Crippen molar-refractivity contribution in [3.8, 4) is 5.75 Å². The molecule has 7 heteroatoms. The van der Waals surface area contributed by atoms with Crippen LogP contribution in [0.1, 0.15) is 30.6 Å². The molecule has 0 aliphatic carbocycles. The molecule has 1 atom stereocenters. The van der Waals surface area contributed by atoms with Gasteiger partial charge < -0.3 is 19.4 Å². The monoisotopic (exact) mass is 345 g/mol. The Morgan fingerprint density at radius 2 is 1.80 bits per heavy atom. The van der Waals surface area contributed by atoms with E-state index in [2.05, 4.69) is 0 Å². The normalized spacial score (nSPS) is 20.7. The number of hydrogen-bond donors (Lipinski definition) is 0. The number of nitrogens with zero attached hydrogens (tertiary/aromatic N) is 3. The van der Waals surface area contributed by atoms with Crippen LogP contribution in [0.25, 0.3) is 0 Å². The van der Waals surface area contributed by atoms with Crippen molar-refractivity contribution in [1.82, 2.24) is 9.80 Å². The minimum atomic E-state index is -0.526. The number of anilines is 1. The molecule has 0 spiro atoms.